The Balaban J connectivity index is 1.12. The minimum absolute atomic E-state index is 0.0788. The van der Waals surface area contributed by atoms with Gasteiger partial charge in [0.1, 0.15) is 11.0 Å². The highest BCUT2D eigenvalue weighted by Gasteiger charge is 2.36. The van der Waals surface area contributed by atoms with Gasteiger partial charge in [-0.3, -0.25) is 0 Å². The molecular weight excluding hydrogens is 681 g/mol. The monoisotopic (exact) mass is 720 g/mol. The highest BCUT2D eigenvalue weighted by atomic mass is 16.3. The van der Waals surface area contributed by atoms with Crippen LogP contribution in [0, 0.1) is 6.92 Å². The summed E-state index contributed by atoms with van der Waals surface area (Å²) in [5.74, 6) is 0. The van der Waals surface area contributed by atoms with E-state index in [0.717, 1.165) is 44.2 Å². The van der Waals surface area contributed by atoms with Gasteiger partial charge in [0, 0.05) is 49.6 Å². The Morgan fingerprint density at radius 2 is 1.29 bits per heavy atom. The van der Waals surface area contributed by atoms with Gasteiger partial charge >= 0.3 is 0 Å². The van der Waals surface area contributed by atoms with Crippen LogP contribution in [-0.4, -0.2) is 9.13 Å². The SMILES string of the molecule is C/C=c1\c(=C/c2cc3cc(-c4ccc5c6cc7c(cc6n(-c6ccccc6)c5c4)C(C)(C)c4ccccc4-7)ccc3n2-c2cccc(C)c2)oc2ccccc12. The summed E-state index contributed by atoms with van der Waals surface area (Å²) in [6, 6.07) is 57.8. The first-order chi connectivity index (χ1) is 27.4. The van der Waals surface area contributed by atoms with Crippen molar-refractivity contribution in [2.24, 2.45) is 0 Å². The van der Waals surface area contributed by atoms with E-state index < -0.39 is 0 Å². The van der Waals surface area contributed by atoms with E-state index in [-0.39, 0.29) is 5.41 Å². The molecule has 11 rings (SSSR count). The van der Waals surface area contributed by atoms with E-state index in [1.165, 1.54) is 66.1 Å². The lowest BCUT2D eigenvalue weighted by Crippen LogP contribution is -2.20. The molecule has 3 heterocycles. The van der Waals surface area contributed by atoms with Crippen LogP contribution >= 0.6 is 0 Å². The van der Waals surface area contributed by atoms with Crippen molar-refractivity contribution in [3.8, 4) is 33.6 Å². The summed E-state index contributed by atoms with van der Waals surface area (Å²) in [5.41, 5.74) is 17.7. The van der Waals surface area contributed by atoms with Crippen molar-refractivity contribution in [1.29, 1.82) is 0 Å². The maximum absolute atomic E-state index is 6.46. The van der Waals surface area contributed by atoms with Crippen molar-refractivity contribution >= 4 is 55.8 Å². The van der Waals surface area contributed by atoms with Crippen molar-refractivity contribution in [1.82, 2.24) is 9.13 Å². The van der Waals surface area contributed by atoms with Gasteiger partial charge in [-0.05, 0) is 120 Å². The Morgan fingerprint density at radius 3 is 2.14 bits per heavy atom. The van der Waals surface area contributed by atoms with E-state index >= 15 is 0 Å². The number of hydrogen-bond acceptors (Lipinski definition) is 1. The van der Waals surface area contributed by atoms with Gasteiger partial charge in [0.15, 0.2) is 0 Å². The Hall–Kier alpha value is -6.84. The molecule has 1 aliphatic carbocycles. The lowest BCUT2D eigenvalue weighted by atomic mass is 9.82. The van der Waals surface area contributed by atoms with Gasteiger partial charge in [-0.2, -0.15) is 0 Å². The quantitative estimate of drug-likeness (QED) is 0.177. The molecule has 0 radical (unpaired) electrons. The number of para-hydroxylation sites is 2. The molecule has 268 valence electrons. The predicted octanol–water partition coefficient (Wildman–Crippen LogP) is 12.4. The molecule has 3 heteroatoms. The first-order valence-electron chi connectivity index (χ1n) is 19.5. The Morgan fingerprint density at radius 1 is 0.536 bits per heavy atom. The summed E-state index contributed by atoms with van der Waals surface area (Å²) in [7, 11) is 0. The first kappa shape index (κ1) is 32.6. The highest BCUT2D eigenvalue weighted by molar-refractivity contribution is 6.12. The van der Waals surface area contributed by atoms with E-state index in [0.29, 0.717) is 0 Å². The molecule has 0 atom stereocenters. The van der Waals surface area contributed by atoms with Crippen molar-refractivity contribution in [2.45, 2.75) is 33.1 Å². The third-order valence-electron chi connectivity index (χ3n) is 12.1. The van der Waals surface area contributed by atoms with Crippen LogP contribution in [0.1, 0.15) is 43.2 Å². The Bertz CT molecular complexity index is 3350. The number of nitrogens with zero attached hydrogens (tertiary/aromatic N) is 2. The normalized spacial score (nSPS) is 14.1. The molecule has 7 aromatic carbocycles. The molecule has 0 unspecified atom stereocenters. The number of furan rings is 1. The van der Waals surface area contributed by atoms with Crippen molar-refractivity contribution in [3.05, 3.63) is 191 Å². The number of fused-ring (bicyclic) bond motifs is 8. The standard InChI is InChI=1S/C53H40N2O/c1-5-40-43-19-10-12-21-51(43)56-52(40)30-39-28-36-27-34(23-25-48(36)54(39)38-17-13-14-33(2)26-38)35-22-24-42-45-31-44-41-18-9-11-20-46(41)53(3,4)47(44)32-50(45)55(49(42)29-35)37-15-7-6-8-16-37/h5-32H,1-4H3/b40-5-,52-30+. The highest BCUT2D eigenvalue weighted by Crippen LogP contribution is 2.51. The van der Waals surface area contributed by atoms with Crippen LogP contribution in [0.4, 0.5) is 0 Å². The second-order valence-electron chi connectivity index (χ2n) is 15.8. The third kappa shape index (κ3) is 4.77. The molecule has 0 fully saturated rings. The molecule has 0 spiro atoms. The zero-order valence-corrected chi connectivity index (χ0v) is 32.0. The minimum Gasteiger partial charge on any atom is -0.456 e. The Labute approximate surface area is 325 Å². The fourth-order valence-corrected chi connectivity index (χ4v) is 9.45. The largest absolute Gasteiger partial charge is 0.456 e. The second kappa shape index (κ2) is 12.1. The molecule has 1 aliphatic rings. The average Bonchev–Trinajstić information content (AvgIpc) is 3.93. The fourth-order valence-electron chi connectivity index (χ4n) is 9.45. The van der Waals surface area contributed by atoms with Gasteiger partial charge in [-0.15, -0.1) is 0 Å². The van der Waals surface area contributed by atoms with Crippen molar-refractivity contribution < 1.29 is 4.42 Å². The summed E-state index contributed by atoms with van der Waals surface area (Å²) in [6.07, 6.45) is 4.34. The molecule has 10 aromatic rings. The maximum atomic E-state index is 6.46. The first-order valence-corrected chi connectivity index (χ1v) is 19.5. The fraction of sp³-hybridized carbons (Fsp3) is 0.0943. The van der Waals surface area contributed by atoms with Crippen LogP contribution in [0.3, 0.4) is 0 Å². The van der Waals surface area contributed by atoms with E-state index in [4.69, 9.17) is 4.42 Å². The molecule has 3 nitrogen and oxygen atoms in total. The number of rotatable bonds is 4. The summed E-state index contributed by atoms with van der Waals surface area (Å²) in [5, 5.41) is 5.96. The van der Waals surface area contributed by atoms with Crippen LogP contribution in [-0.2, 0) is 5.41 Å². The maximum Gasteiger partial charge on any atom is 0.137 e. The second-order valence-corrected chi connectivity index (χ2v) is 15.8. The van der Waals surface area contributed by atoms with Gasteiger partial charge in [-0.25, -0.2) is 0 Å². The zero-order chi connectivity index (χ0) is 37.7. The smallest absolute Gasteiger partial charge is 0.137 e. The van der Waals surface area contributed by atoms with Crippen LogP contribution < -0.4 is 10.6 Å². The lowest BCUT2D eigenvalue weighted by molar-refractivity contribution is 0.575. The predicted molar refractivity (Wildman–Crippen MR) is 235 cm³/mol. The average molecular weight is 721 g/mol. The summed E-state index contributed by atoms with van der Waals surface area (Å²) < 4.78 is 11.3. The number of hydrogen-bond donors (Lipinski definition) is 0. The van der Waals surface area contributed by atoms with E-state index in [2.05, 4.69) is 195 Å². The van der Waals surface area contributed by atoms with Crippen LogP contribution in [0.2, 0.25) is 0 Å². The molecule has 0 aliphatic heterocycles. The molecule has 0 amide bonds. The van der Waals surface area contributed by atoms with Gasteiger partial charge in [0.25, 0.3) is 0 Å². The molecular formula is C53H40N2O. The van der Waals surface area contributed by atoms with E-state index in [1.807, 2.05) is 12.1 Å². The topological polar surface area (TPSA) is 23.0 Å². The minimum atomic E-state index is -0.0788. The Kier molecular flexibility index (Phi) is 7.03. The summed E-state index contributed by atoms with van der Waals surface area (Å²) in [6.45, 7) is 8.96. The van der Waals surface area contributed by atoms with Crippen molar-refractivity contribution in [2.75, 3.05) is 0 Å². The van der Waals surface area contributed by atoms with Gasteiger partial charge in [0.2, 0.25) is 0 Å². The summed E-state index contributed by atoms with van der Waals surface area (Å²) >= 11 is 0. The third-order valence-corrected chi connectivity index (χ3v) is 12.1. The van der Waals surface area contributed by atoms with Gasteiger partial charge in [-0.1, -0.05) is 111 Å². The summed E-state index contributed by atoms with van der Waals surface area (Å²) in [4.78, 5) is 0. The van der Waals surface area contributed by atoms with Crippen LogP contribution in [0.25, 0.3) is 89.5 Å². The molecule has 0 N–H and O–H groups in total. The number of aryl methyl sites for hydroxylation is 1. The van der Waals surface area contributed by atoms with Gasteiger partial charge < -0.3 is 13.6 Å². The molecule has 0 bridgehead atoms. The molecule has 0 saturated carbocycles. The number of benzene rings is 7. The van der Waals surface area contributed by atoms with Gasteiger partial charge in [0.05, 0.1) is 22.2 Å². The molecule has 56 heavy (non-hydrogen) atoms. The van der Waals surface area contributed by atoms with Crippen molar-refractivity contribution in [3.63, 3.8) is 0 Å². The zero-order valence-electron chi connectivity index (χ0n) is 32.0. The van der Waals surface area contributed by atoms with E-state index in [1.54, 1.807) is 0 Å². The van der Waals surface area contributed by atoms with Crippen LogP contribution in [0.5, 0.6) is 0 Å². The number of aromatic nitrogens is 2. The molecule has 3 aromatic heterocycles. The van der Waals surface area contributed by atoms with Crippen LogP contribution in [0.15, 0.2) is 162 Å². The lowest BCUT2D eigenvalue weighted by Gasteiger charge is -2.21. The molecule has 0 saturated heterocycles. The van der Waals surface area contributed by atoms with E-state index in [9.17, 15) is 0 Å².